The first-order chi connectivity index (χ1) is 16.0. The first-order valence-electron chi connectivity index (χ1n) is 11.7. The molecule has 9 nitrogen and oxygen atoms in total. The van der Waals surface area contributed by atoms with Crippen molar-refractivity contribution in [2.24, 2.45) is 0 Å². The minimum atomic E-state index is -0.591. The van der Waals surface area contributed by atoms with Crippen molar-refractivity contribution in [3.63, 3.8) is 0 Å². The van der Waals surface area contributed by atoms with Gasteiger partial charge in [-0.3, -0.25) is 14.4 Å². The Morgan fingerprint density at radius 2 is 1.64 bits per heavy atom. The number of piperidine rings is 1. The lowest BCUT2D eigenvalue weighted by molar-refractivity contribution is -0.121. The molecule has 176 valence electrons. The van der Waals surface area contributed by atoms with Crippen LogP contribution < -0.4 is 21.4 Å². The predicted octanol–water partition coefficient (Wildman–Crippen LogP) is 1.88. The minimum Gasteiger partial charge on any atom is -0.360 e. The molecule has 1 aliphatic heterocycles. The lowest BCUT2D eigenvalue weighted by Crippen LogP contribution is -2.52. The maximum Gasteiger partial charge on any atom is 0.317 e. The summed E-state index contributed by atoms with van der Waals surface area (Å²) in [5, 5.41) is 8.99. The zero-order chi connectivity index (χ0) is 23.2. The molecule has 4 amide bonds. The molecule has 1 aromatic carbocycles. The summed E-state index contributed by atoms with van der Waals surface area (Å²) < 4.78 is 0. The van der Waals surface area contributed by atoms with Crippen LogP contribution in [0, 0.1) is 0 Å². The summed E-state index contributed by atoms with van der Waals surface area (Å²) in [6, 6.07) is 7.17. The topological polar surface area (TPSA) is 123 Å². The Kier molecular flexibility index (Phi) is 7.26. The highest BCUT2D eigenvalue weighted by Crippen LogP contribution is 2.18. The van der Waals surface area contributed by atoms with Gasteiger partial charge in [0.05, 0.1) is 6.54 Å². The molecule has 0 unspecified atom stereocenters. The van der Waals surface area contributed by atoms with E-state index in [9.17, 15) is 19.2 Å². The SMILES string of the molecule is O=C(CNC(=O)c1c[nH]c2ccccc2c1=O)NC1CCN(C(=O)NC2CCCCC2)CC1. The number of nitrogens with zero attached hydrogens (tertiary/aromatic N) is 1. The number of carbonyl (C=O) groups excluding carboxylic acids is 3. The summed E-state index contributed by atoms with van der Waals surface area (Å²) in [6.45, 7) is 0.956. The van der Waals surface area contributed by atoms with E-state index in [-0.39, 0.29) is 41.6 Å². The summed E-state index contributed by atoms with van der Waals surface area (Å²) >= 11 is 0. The minimum absolute atomic E-state index is 0.0143. The third-order valence-corrected chi connectivity index (χ3v) is 6.52. The highest BCUT2D eigenvalue weighted by molar-refractivity contribution is 5.98. The van der Waals surface area contributed by atoms with E-state index in [1.54, 1.807) is 24.3 Å². The Balaban J connectivity index is 1.21. The molecule has 4 rings (SSSR count). The molecule has 1 saturated carbocycles. The van der Waals surface area contributed by atoms with Crippen LogP contribution in [0.5, 0.6) is 0 Å². The Morgan fingerprint density at radius 3 is 2.39 bits per heavy atom. The first-order valence-corrected chi connectivity index (χ1v) is 11.7. The van der Waals surface area contributed by atoms with Crippen LogP contribution in [0.2, 0.25) is 0 Å². The number of fused-ring (bicyclic) bond motifs is 1. The van der Waals surface area contributed by atoms with Gasteiger partial charge in [0.1, 0.15) is 5.56 Å². The normalized spacial score (nSPS) is 17.5. The Bertz CT molecular complexity index is 1070. The van der Waals surface area contributed by atoms with Gasteiger partial charge in [-0.25, -0.2) is 4.79 Å². The van der Waals surface area contributed by atoms with Gasteiger partial charge in [0.15, 0.2) is 0 Å². The summed E-state index contributed by atoms with van der Waals surface area (Å²) in [5.74, 6) is -0.906. The standard InChI is InChI=1S/C24H31N5O4/c30-21(15-26-23(32)19-14-25-20-9-5-4-8-18(20)22(19)31)27-17-10-12-29(13-11-17)24(33)28-16-6-2-1-3-7-16/h4-5,8-9,14,16-17H,1-3,6-7,10-13,15H2,(H,25,31)(H,26,32)(H,27,30)(H,28,33). The fraction of sp³-hybridized carbons (Fsp3) is 0.500. The van der Waals surface area contributed by atoms with Crippen molar-refractivity contribution in [3.05, 3.63) is 46.2 Å². The highest BCUT2D eigenvalue weighted by Gasteiger charge is 2.26. The smallest absolute Gasteiger partial charge is 0.317 e. The van der Waals surface area contributed by atoms with Gasteiger partial charge in [-0.1, -0.05) is 31.4 Å². The van der Waals surface area contributed by atoms with Crippen LogP contribution in [0.1, 0.15) is 55.3 Å². The molecule has 2 fully saturated rings. The number of para-hydroxylation sites is 1. The lowest BCUT2D eigenvalue weighted by Gasteiger charge is -2.34. The number of aromatic amines is 1. The largest absolute Gasteiger partial charge is 0.360 e. The van der Waals surface area contributed by atoms with Gasteiger partial charge in [0, 0.05) is 42.3 Å². The number of carbonyl (C=O) groups is 3. The molecule has 2 aromatic rings. The molecule has 1 aliphatic carbocycles. The van der Waals surface area contributed by atoms with E-state index in [1.165, 1.54) is 25.5 Å². The summed E-state index contributed by atoms with van der Waals surface area (Å²) in [5.41, 5.74) is 0.246. The zero-order valence-corrected chi connectivity index (χ0v) is 18.7. The van der Waals surface area contributed by atoms with Gasteiger partial charge in [-0.2, -0.15) is 0 Å². The number of benzene rings is 1. The molecule has 0 radical (unpaired) electrons. The number of rotatable bonds is 5. The highest BCUT2D eigenvalue weighted by atomic mass is 16.2. The number of likely N-dealkylation sites (tertiary alicyclic amines) is 1. The molecule has 0 bridgehead atoms. The maximum atomic E-state index is 12.5. The van der Waals surface area contributed by atoms with Crippen LogP contribution in [0.15, 0.2) is 35.3 Å². The molecule has 0 spiro atoms. The van der Waals surface area contributed by atoms with Gasteiger partial charge in [0.2, 0.25) is 11.3 Å². The molecular weight excluding hydrogens is 422 g/mol. The van der Waals surface area contributed by atoms with Gasteiger partial charge >= 0.3 is 6.03 Å². The number of nitrogens with one attached hydrogen (secondary N) is 4. The van der Waals surface area contributed by atoms with Crippen LogP contribution in [0.4, 0.5) is 4.79 Å². The van der Waals surface area contributed by atoms with Crippen LogP contribution in [-0.4, -0.2) is 59.4 Å². The summed E-state index contributed by atoms with van der Waals surface area (Å²) in [4.78, 5) is 54.5. The number of hydrogen-bond donors (Lipinski definition) is 4. The monoisotopic (exact) mass is 453 g/mol. The van der Waals surface area contributed by atoms with Crippen molar-refractivity contribution in [2.75, 3.05) is 19.6 Å². The second-order valence-electron chi connectivity index (χ2n) is 8.87. The van der Waals surface area contributed by atoms with Crippen molar-refractivity contribution in [3.8, 4) is 0 Å². The lowest BCUT2D eigenvalue weighted by atomic mass is 9.95. The third-order valence-electron chi connectivity index (χ3n) is 6.52. The number of H-pyrrole nitrogens is 1. The average molecular weight is 454 g/mol. The van der Waals surface area contributed by atoms with E-state index in [0.717, 1.165) is 12.8 Å². The van der Waals surface area contributed by atoms with Crippen molar-refractivity contribution in [2.45, 2.75) is 57.0 Å². The van der Waals surface area contributed by atoms with Gasteiger partial charge in [-0.15, -0.1) is 0 Å². The number of urea groups is 1. The number of aromatic nitrogens is 1. The van der Waals surface area contributed by atoms with Crippen LogP contribution in [0.25, 0.3) is 10.9 Å². The van der Waals surface area contributed by atoms with E-state index in [4.69, 9.17) is 0 Å². The van der Waals surface area contributed by atoms with Crippen LogP contribution in [-0.2, 0) is 4.79 Å². The molecule has 1 aromatic heterocycles. The third kappa shape index (κ3) is 5.71. The maximum absolute atomic E-state index is 12.5. The van der Waals surface area contributed by atoms with E-state index in [2.05, 4.69) is 20.9 Å². The molecule has 2 heterocycles. The van der Waals surface area contributed by atoms with Crippen LogP contribution >= 0.6 is 0 Å². The van der Waals surface area contributed by atoms with E-state index in [1.807, 2.05) is 4.90 Å². The number of amides is 4. The Labute approximate surface area is 192 Å². The number of pyridine rings is 1. The van der Waals surface area contributed by atoms with Gasteiger partial charge in [-0.05, 0) is 37.8 Å². The Morgan fingerprint density at radius 1 is 0.939 bits per heavy atom. The molecule has 9 heteroatoms. The van der Waals surface area contributed by atoms with Crippen LogP contribution in [0.3, 0.4) is 0 Å². The Hall–Kier alpha value is -3.36. The molecule has 4 N–H and O–H groups in total. The van der Waals surface area contributed by atoms with E-state index < -0.39 is 5.91 Å². The zero-order valence-electron chi connectivity index (χ0n) is 18.7. The fourth-order valence-corrected chi connectivity index (χ4v) is 4.61. The predicted molar refractivity (Wildman–Crippen MR) is 125 cm³/mol. The molecule has 2 aliphatic rings. The average Bonchev–Trinajstić information content (AvgIpc) is 2.84. The molecule has 0 atom stereocenters. The van der Waals surface area contributed by atoms with E-state index in [0.29, 0.717) is 36.8 Å². The second kappa shape index (κ2) is 10.5. The van der Waals surface area contributed by atoms with Crippen molar-refractivity contribution in [1.82, 2.24) is 25.8 Å². The van der Waals surface area contributed by atoms with Crippen molar-refractivity contribution >= 4 is 28.7 Å². The molecule has 33 heavy (non-hydrogen) atoms. The first kappa shape index (κ1) is 22.8. The van der Waals surface area contributed by atoms with Crippen molar-refractivity contribution < 1.29 is 14.4 Å². The fourth-order valence-electron chi connectivity index (χ4n) is 4.61. The summed E-state index contributed by atoms with van der Waals surface area (Å²) in [6.07, 6.45) is 8.40. The molecular formula is C24H31N5O4. The number of hydrogen-bond acceptors (Lipinski definition) is 4. The van der Waals surface area contributed by atoms with Gasteiger partial charge in [0.25, 0.3) is 5.91 Å². The van der Waals surface area contributed by atoms with E-state index >= 15 is 0 Å². The van der Waals surface area contributed by atoms with Gasteiger partial charge < -0.3 is 25.8 Å². The molecule has 1 saturated heterocycles. The summed E-state index contributed by atoms with van der Waals surface area (Å²) in [7, 11) is 0. The van der Waals surface area contributed by atoms with Crippen molar-refractivity contribution in [1.29, 1.82) is 0 Å². The quantitative estimate of drug-likeness (QED) is 0.552. The second-order valence-corrected chi connectivity index (χ2v) is 8.87.